The van der Waals surface area contributed by atoms with Gasteiger partial charge in [0.2, 0.25) is 5.91 Å². The zero-order valence-corrected chi connectivity index (χ0v) is 11.7. The molecule has 0 bridgehead atoms. The minimum atomic E-state index is -0.0508. The van der Waals surface area contributed by atoms with Crippen LogP contribution < -0.4 is 4.90 Å². The van der Waals surface area contributed by atoms with Crippen LogP contribution in [0.2, 0.25) is 0 Å². The molecule has 0 N–H and O–H groups in total. The van der Waals surface area contributed by atoms with Crippen molar-refractivity contribution >= 4 is 29.1 Å². The minimum absolute atomic E-state index is 0.0508. The number of Topliss-reactive ketones (excluding diaryl/α,β-unsaturated/α-hetero) is 1. The molecule has 1 aliphatic heterocycles. The van der Waals surface area contributed by atoms with Gasteiger partial charge in [-0.3, -0.25) is 9.59 Å². The quantitative estimate of drug-likeness (QED) is 0.786. The lowest BCUT2D eigenvalue weighted by molar-refractivity contribution is -0.117. The molecule has 1 atom stereocenters. The van der Waals surface area contributed by atoms with E-state index in [-0.39, 0.29) is 16.9 Å². The highest BCUT2D eigenvalue weighted by Gasteiger charge is 2.30. The molecule has 96 valence electrons. The van der Waals surface area contributed by atoms with Crippen LogP contribution in [-0.4, -0.2) is 23.5 Å². The first-order valence-electron chi connectivity index (χ1n) is 6.23. The highest BCUT2D eigenvalue weighted by atomic mass is 32.2. The third-order valence-electron chi connectivity index (χ3n) is 3.13. The predicted octanol–water partition coefficient (Wildman–Crippen LogP) is 3.13. The predicted molar refractivity (Wildman–Crippen MR) is 74.4 cm³/mol. The Bertz CT molecular complexity index is 499. The SMILES string of the molecule is CCC(=O)c1ccc2c(c1)N(CC)C(=O)C(C)S2. The van der Waals surface area contributed by atoms with Crippen LogP contribution in [0.5, 0.6) is 0 Å². The molecule has 3 nitrogen and oxygen atoms in total. The average Bonchev–Trinajstić information content (AvgIpc) is 2.39. The smallest absolute Gasteiger partial charge is 0.240 e. The number of carbonyl (C=O) groups excluding carboxylic acids is 2. The van der Waals surface area contributed by atoms with Crippen LogP contribution in [-0.2, 0) is 4.79 Å². The zero-order chi connectivity index (χ0) is 13.3. The molecule has 0 spiro atoms. The van der Waals surface area contributed by atoms with Crippen LogP contribution >= 0.6 is 11.8 Å². The van der Waals surface area contributed by atoms with Crippen LogP contribution in [0.3, 0.4) is 0 Å². The molecule has 0 aliphatic carbocycles. The van der Waals surface area contributed by atoms with E-state index in [2.05, 4.69) is 0 Å². The summed E-state index contributed by atoms with van der Waals surface area (Å²) in [5.41, 5.74) is 1.57. The van der Waals surface area contributed by atoms with E-state index >= 15 is 0 Å². The van der Waals surface area contributed by atoms with Gasteiger partial charge in [0, 0.05) is 23.4 Å². The lowest BCUT2D eigenvalue weighted by Gasteiger charge is -2.31. The molecule has 1 aliphatic rings. The van der Waals surface area contributed by atoms with E-state index in [1.165, 1.54) is 0 Å². The molecule has 1 heterocycles. The van der Waals surface area contributed by atoms with Gasteiger partial charge in [-0.15, -0.1) is 11.8 Å². The summed E-state index contributed by atoms with van der Waals surface area (Å²) in [5, 5.41) is -0.0508. The van der Waals surface area contributed by atoms with Crippen LogP contribution in [0, 0.1) is 0 Å². The third-order valence-corrected chi connectivity index (χ3v) is 4.28. The molecule has 0 saturated heterocycles. The summed E-state index contributed by atoms with van der Waals surface area (Å²) in [7, 11) is 0. The first kappa shape index (κ1) is 13.1. The Morgan fingerprint density at radius 2 is 2.11 bits per heavy atom. The monoisotopic (exact) mass is 263 g/mol. The fourth-order valence-corrected chi connectivity index (χ4v) is 3.16. The van der Waals surface area contributed by atoms with Crippen molar-refractivity contribution < 1.29 is 9.59 Å². The van der Waals surface area contributed by atoms with E-state index in [4.69, 9.17) is 0 Å². The van der Waals surface area contributed by atoms with Crippen molar-refractivity contribution in [2.45, 2.75) is 37.3 Å². The molecular weight excluding hydrogens is 246 g/mol. The molecule has 0 saturated carbocycles. The molecule has 2 rings (SSSR count). The fraction of sp³-hybridized carbons (Fsp3) is 0.429. The Morgan fingerprint density at radius 3 is 2.72 bits per heavy atom. The number of benzene rings is 1. The van der Waals surface area contributed by atoms with E-state index < -0.39 is 0 Å². The van der Waals surface area contributed by atoms with E-state index in [0.29, 0.717) is 18.5 Å². The Balaban J connectivity index is 2.47. The molecule has 1 aromatic carbocycles. The summed E-state index contributed by atoms with van der Waals surface area (Å²) in [6, 6.07) is 5.66. The number of carbonyl (C=O) groups is 2. The number of amides is 1. The van der Waals surface area contributed by atoms with Crippen LogP contribution in [0.15, 0.2) is 23.1 Å². The molecule has 4 heteroatoms. The van der Waals surface area contributed by atoms with Gasteiger partial charge in [-0.1, -0.05) is 13.0 Å². The van der Waals surface area contributed by atoms with Gasteiger partial charge < -0.3 is 4.90 Å². The molecule has 18 heavy (non-hydrogen) atoms. The number of nitrogens with zero attached hydrogens (tertiary/aromatic N) is 1. The third kappa shape index (κ3) is 2.17. The van der Waals surface area contributed by atoms with E-state index in [1.807, 2.05) is 39.0 Å². The molecular formula is C14H17NO2S. The molecule has 0 aromatic heterocycles. The maximum absolute atomic E-state index is 12.1. The Labute approximate surface area is 112 Å². The van der Waals surface area contributed by atoms with Crippen molar-refractivity contribution in [3.63, 3.8) is 0 Å². The second-order valence-corrected chi connectivity index (χ2v) is 5.68. The number of thioether (sulfide) groups is 1. The number of ketones is 1. The lowest BCUT2D eigenvalue weighted by Crippen LogP contribution is -2.39. The molecule has 1 amide bonds. The van der Waals surface area contributed by atoms with Crippen LogP contribution in [0.25, 0.3) is 0 Å². The first-order chi connectivity index (χ1) is 8.58. The van der Waals surface area contributed by atoms with Crippen molar-refractivity contribution in [1.82, 2.24) is 0 Å². The summed E-state index contributed by atoms with van der Waals surface area (Å²) >= 11 is 1.56. The Morgan fingerprint density at radius 1 is 1.39 bits per heavy atom. The van der Waals surface area contributed by atoms with Crippen molar-refractivity contribution in [3.8, 4) is 0 Å². The highest BCUT2D eigenvalue weighted by Crippen LogP contribution is 2.39. The number of fused-ring (bicyclic) bond motifs is 1. The van der Waals surface area contributed by atoms with Gasteiger partial charge in [0.25, 0.3) is 0 Å². The van der Waals surface area contributed by atoms with E-state index in [9.17, 15) is 9.59 Å². The molecule has 0 fully saturated rings. The van der Waals surface area contributed by atoms with Gasteiger partial charge in [-0.05, 0) is 26.0 Å². The topological polar surface area (TPSA) is 37.4 Å². The number of rotatable bonds is 3. The summed E-state index contributed by atoms with van der Waals surface area (Å²) in [6.07, 6.45) is 0.488. The Kier molecular flexibility index (Phi) is 3.76. The minimum Gasteiger partial charge on any atom is -0.311 e. The van der Waals surface area contributed by atoms with Crippen molar-refractivity contribution in [1.29, 1.82) is 0 Å². The fourth-order valence-electron chi connectivity index (χ4n) is 2.11. The summed E-state index contributed by atoms with van der Waals surface area (Å²) in [4.78, 5) is 26.7. The molecule has 1 unspecified atom stereocenters. The standard InChI is InChI=1S/C14H17NO2S/c1-4-12(16)10-6-7-13-11(8-10)15(5-2)14(17)9(3)18-13/h6-9H,4-5H2,1-3H3. The molecule has 0 radical (unpaired) electrons. The lowest BCUT2D eigenvalue weighted by atomic mass is 10.1. The summed E-state index contributed by atoms with van der Waals surface area (Å²) in [5.74, 6) is 0.237. The molecule has 1 aromatic rings. The van der Waals surface area contributed by atoms with E-state index in [0.717, 1.165) is 10.6 Å². The number of hydrogen-bond donors (Lipinski definition) is 0. The van der Waals surface area contributed by atoms with E-state index in [1.54, 1.807) is 16.7 Å². The Hall–Kier alpha value is -1.29. The van der Waals surface area contributed by atoms with Gasteiger partial charge in [0.05, 0.1) is 10.9 Å². The maximum Gasteiger partial charge on any atom is 0.240 e. The van der Waals surface area contributed by atoms with Gasteiger partial charge in [-0.25, -0.2) is 0 Å². The zero-order valence-electron chi connectivity index (χ0n) is 10.9. The summed E-state index contributed by atoms with van der Waals surface area (Å²) in [6.45, 7) is 6.37. The second-order valence-electron chi connectivity index (χ2n) is 4.30. The average molecular weight is 263 g/mol. The van der Waals surface area contributed by atoms with Gasteiger partial charge in [0.15, 0.2) is 5.78 Å². The van der Waals surface area contributed by atoms with Crippen molar-refractivity contribution in [2.24, 2.45) is 0 Å². The second kappa shape index (κ2) is 5.14. The highest BCUT2D eigenvalue weighted by molar-refractivity contribution is 8.00. The van der Waals surface area contributed by atoms with Crippen LogP contribution in [0.1, 0.15) is 37.6 Å². The number of hydrogen-bond acceptors (Lipinski definition) is 3. The summed E-state index contributed by atoms with van der Waals surface area (Å²) < 4.78 is 0. The van der Waals surface area contributed by atoms with Gasteiger partial charge >= 0.3 is 0 Å². The van der Waals surface area contributed by atoms with Crippen molar-refractivity contribution in [3.05, 3.63) is 23.8 Å². The normalized spacial score (nSPS) is 18.7. The van der Waals surface area contributed by atoms with Crippen molar-refractivity contribution in [2.75, 3.05) is 11.4 Å². The first-order valence-corrected chi connectivity index (χ1v) is 7.11. The largest absolute Gasteiger partial charge is 0.311 e. The van der Waals surface area contributed by atoms with Gasteiger partial charge in [0.1, 0.15) is 0 Å². The van der Waals surface area contributed by atoms with Crippen LogP contribution in [0.4, 0.5) is 5.69 Å². The maximum atomic E-state index is 12.1. The number of anilines is 1. The van der Waals surface area contributed by atoms with Gasteiger partial charge in [-0.2, -0.15) is 0 Å².